The van der Waals surface area contributed by atoms with Crippen molar-refractivity contribution in [3.63, 3.8) is 0 Å². The summed E-state index contributed by atoms with van der Waals surface area (Å²) in [6.07, 6.45) is 11.0. The van der Waals surface area contributed by atoms with Crippen LogP contribution in [0.5, 0.6) is 5.75 Å². The van der Waals surface area contributed by atoms with Gasteiger partial charge in [0, 0.05) is 31.7 Å². The molecule has 3 fully saturated rings. The van der Waals surface area contributed by atoms with Crippen LogP contribution in [0.2, 0.25) is 0 Å². The van der Waals surface area contributed by atoms with Gasteiger partial charge in [0.05, 0.1) is 0 Å². The van der Waals surface area contributed by atoms with Crippen LogP contribution in [0.3, 0.4) is 0 Å². The number of nitrogens with zero attached hydrogens (tertiary/aromatic N) is 2. The van der Waals surface area contributed by atoms with Crippen molar-refractivity contribution in [2.75, 3.05) is 26.2 Å². The first-order chi connectivity index (χ1) is 14.1. The van der Waals surface area contributed by atoms with E-state index in [2.05, 4.69) is 11.0 Å². The zero-order valence-electron chi connectivity index (χ0n) is 17.5. The Kier molecular flexibility index (Phi) is 6.76. The number of phenolic OH excluding ortho intramolecular Hbond substituents is 1. The summed E-state index contributed by atoms with van der Waals surface area (Å²) in [5.74, 6) is 1.37. The molecule has 0 radical (unpaired) electrons. The molecule has 3 atom stereocenters. The number of carbonyl (C=O) groups excluding carboxylic acids is 1. The molecule has 2 N–H and O–H groups in total. The van der Waals surface area contributed by atoms with Gasteiger partial charge >= 0.3 is 0 Å². The number of rotatable bonds is 7. The second-order valence-electron chi connectivity index (χ2n) is 9.39. The topological polar surface area (TPSA) is 64.0 Å². The zero-order valence-corrected chi connectivity index (χ0v) is 17.5. The minimum absolute atomic E-state index is 0.113. The predicted octanol–water partition coefficient (Wildman–Crippen LogP) is 3.50. The van der Waals surface area contributed by atoms with Crippen molar-refractivity contribution < 1.29 is 15.0 Å². The normalized spacial score (nSPS) is 27.8. The summed E-state index contributed by atoms with van der Waals surface area (Å²) >= 11 is 0. The number of fused-ring (bicyclic) bond motifs is 2. The molecule has 0 aromatic heterocycles. The van der Waals surface area contributed by atoms with E-state index in [0.717, 1.165) is 32.5 Å². The summed E-state index contributed by atoms with van der Waals surface area (Å²) in [5, 5.41) is 19.3. The zero-order chi connectivity index (χ0) is 20.2. The number of hydrogen-bond donors (Lipinski definition) is 2. The lowest BCUT2D eigenvalue weighted by atomic mass is 9.85. The number of piperidine rings is 1. The number of benzene rings is 1. The van der Waals surface area contributed by atoms with Crippen LogP contribution in [0.1, 0.15) is 69.3 Å². The van der Waals surface area contributed by atoms with Gasteiger partial charge in [-0.1, -0.05) is 31.4 Å². The second kappa shape index (κ2) is 9.48. The molecule has 5 nitrogen and oxygen atoms in total. The van der Waals surface area contributed by atoms with Crippen molar-refractivity contribution in [1.29, 1.82) is 0 Å². The molecule has 5 heteroatoms. The van der Waals surface area contributed by atoms with Crippen molar-refractivity contribution in [2.45, 2.75) is 75.8 Å². The highest BCUT2D eigenvalue weighted by Gasteiger charge is 2.41. The minimum Gasteiger partial charge on any atom is -0.508 e. The second-order valence-corrected chi connectivity index (χ2v) is 9.39. The van der Waals surface area contributed by atoms with Gasteiger partial charge in [0.2, 0.25) is 5.91 Å². The van der Waals surface area contributed by atoms with Crippen molar-refractivity contribution in [1.82, 2.24) is 9.80 Å². The fourth-order valence-electron chi connectivity index (χ4n) is 6.03. The van der Waals surface area contributed by atoms with Crippen LogP contribution in [0, 0.1) is 5.92 Å². The van der Waals surface area contributed by atoms with E-state index >= 15 is 0 Å². The predicted molar refractivity (Wildman–Crippen MR) is 114 cm³/mol. The number of hydrogen-bond acceptors (Lipinski definition) is 4. The van der Waals surface area contributed by atoms with Crippen LogP contribution in [0.15, 0.2) is 24.3 Å². The third-order valence-electron chi connectivity index (χ3n) is 7.55. The lowest BCUT2D eigenvalue weighted by Gasteiger charge is -2.40. The Balaban J connectivity index is 1.34. The molecule has 3 aliphatic rings. The number of aromatic hydroxyl groups is 1. The van der Waals surface area contributed by atoms with Gasteiger partial charge in [-0.25, -0.2) is 0 Å². The van der Waals surface area contributed by atoms with Gasteiger partial charge in [-0.15, -0.1) is 0 Å². The molecule has 1 aliphatic carbocycles. The summed E-state index contributed by atoms with van der Waals surface area (Å²) in [5.41, 5.74) is 1.26. The highest BCUT2D eigenvalue weighted by molar-refractivity contribution is 5.77. The molecule has 4 rings (SSSR count). The van der Waals surface area contributed by atoms with Crippen LogP contribution in [-0.2, 0) is 4.79 Å². The van der Waals surface area contributed by atoms with Gasteiger partial charge in [0.1, 0.15) is 12.4 Å². The Labute approximate surface area is 174 Å². The molecular formula is C24H36N2O3. The average molecular weight is 401 g/mol. The Hall–Kier alpha value is -1.59. The Morgan fingerprint density at radius 3 is 2.45 bits per heavy atom. The molecule has 29 heavy (non-hydrogen) atoms. The molecule has 160 valence electrons. The lowest BCUT2D eigenvalue weighted by Crippen LogP contribution is -2.48. The van der Waals surface area contributed by atoms with E-state index in [1.54, 1.807) is 6.07 Å². The first-order valence-electron chi connectivity index (χ1n) is 11.6. The van der Waals surface area contributed by atoms with Gasteiger partial charge in [-0.2, -0.15) is 0 Å². The molecule has 2 aliphatic heterocycles. The smallest absolute Gasteiger partial charge is 0.248 e. The number of aliphatic hydroxyl groups excluding tert-OH is 1. The van der Waals surface area contributed by atoms with Crippen LogP contribution >= 0.6 is 0 Å². The van der Waals surface area contributed by atoms with Crippen LogP contribution in [-0.4, -0.2) is 64.2 Å². The van der Waals surface area contributed by atoms with E-state index < -0.39 is 0 Å². The SMILES string of the molecule is O=C(CO)N(CCN1[C@@H]2CC[C@H]1CC(c1cccc(O)c1)C2)CC1CCCCC1. The Morgan fingerprint density at radius 1 is 1.07 bits per heavy atom. The summed E-state index contributed by atoms with van der Waals surface area (Å²) in [7, 11) is 0. The first-order valence-corrected chi connectivity index (χ1v) is 11.6. The minimum atomic E-state index is -0.376. The molecular weight excluding hydrogens is 364 g/mol. The molecule has 2 bridgehead atoms. The van der Waals surface area contributed by atoms with Gasteiger partial charge in [0.15, 0.2) is 0 Å². The van der Waals surface area contributed by atoms with Crippen molar-refractivity contribution in [3.05, 3.63) is 29.8 Å². The molecule has 1 aromatic carbocycles. The molecule has 2 saturated heterocycles. The summed E-state index contributed by atoms with van der Waals surface area (Å²) < 4.78 is 0. The lowest BCUT2D eigenvalue weighted by molar-refractivity contribution is -0.135. The summed E-state index contributed by atoms with van der Waals surface area (Å²) in [6.45, 7) is 2.09. The van der Waals surface area contributed by atoms with Crippen LogP contribution in [0.4, 0.5) is 0 Å². The maximum absolute atomic E-state index is 12.3. The fraction of sp³-hybridized carbons (Fsp3) is 0.708. The molecule has 2 heterocycles. The average Bonchev–Trinajstić information content (AvgIpc) is 2.98. The maximum Gasteiger partial charge on any atom is 0.248 e. The number of amides is 1. The Bertz CT molecular complexity index is 674. The van der Waals surface area contributed by atoms with E-state index in [1.165, 1.54) is 50.5 Å². The van der Waals surface area contributed by atoms with Crippen LogP contribution < -0.4 is 0 Å². The van der Waals surface area contributed by atoms with Gasteiger partial charge in [-0.3, -0.25) is 9.69 Å². The fourth-order valence-corrected chi connectivity index (χ4v) is 6.03. The first kappa shape index (κ1) is 20.7. The van der Waals surface area contributed by atoms with E-state index in [0.29, 0.717) is 29.7 Å². The number of carbonyl (C=O) groups is 1. The summed E-state index contributed by atoms with van der Waals surface area (Å²) in [6, 6.07) is 8.90. The van der Waals surface area contributed by atoms with Crippen molar-refractivity contribution in [3.8, 4) is 5.75 Å². The van der Waals surface area contributed by atoms with E-state index in [-0.39, 0.29) is 12.5 Å². The van der Waals surface area contributed by atoms with Gasteiger partial charge < -0.3 is 15.1 Å². The van der Waals surface area contributed by atoms with Crippen molar-refractivity contribution >= 4 is 5.91 Å². The van der Waals surface area contributed by atoms with E-state index in [9.17, 15) is 15.0 Å². The molecule has 0 spiro atoms. The quantitative estimate of drug-likeness (QED) is 0.735. The van der Waals surface area contributed by atoms with Crippen LogP contribution in [0.25, 0.3) is 0 Å². The third-order valence-corrected chi connectivity index (χ3v) is 7.55. The summed E-state index contributed by atoms with van der Waals surface area (Å²) in [4.78, 5) is 16.9. The van der Waals surface area contributed by atoms with Gasteiger partial charge in [-0.05, 0) is 68.1 Å². The Morgan fingerprint density at radius 2 is 1.79 bits per heavy atom. The maximum atomic E-state index is 12.3. The third kappa shape index (κ3) is 4.95. The molecule has 1 saturated carbocycles. The molecule has 1 amide bonds. The van der Waals surface area contributed by atoms with E-state index in [4.69, 9.17) is 0 Å². The standard InChI is InChI=1S/C24H36N2O3/c27-17-24(29)25(16-18-5-2-1-3-6-18)11-12-26-21-9-10-22(26)14-20(13-21)19-7-4-8-23(28)15-19/h4,7-8,15,18,20-22,27-28H,1-3,5-6,9-14,16-17H2/t20?,21-,22+. The number of aliphatic hydroxyl groups is 1. The molecule has 1 aromatic rings. The monoisotopic (exact) mass is 400 g/mol. The van der Waals surface area contributed by atoms with E-state index in [1.807, 2.05) is 17.0 Å². The molecule has 1 unspecified atom stereocenters. The highest BCUT2D eigenvalue weighted by Crippen LogP contribution is 2.43. The number of phenols is 1. The van der Waals surface area contributed by atoms with Gasteiger partial charge in [0.25, 0.3) is 0 Å². The van der Waals surface area contributed by atoms with Crippen molar-refractivity contribution in [2.24, 2.45) is 5.92 Å². The highest BCUT2D eigenvalue weighted by atomic mass is 16.3. The largest absolute Gasteiger partial charge is 0.508 e.